The fourth-order valence-corrected chi connectivity index (χ4v) is 2.66. The number of nitrogens with zero attached hydrogens (tertiary/aromatic N) is 2. The van der Waals surface area contributed by atoms with Gasteiger partial charge in [0.1, 0.15) is 12.1 Å². The molecule has 120 valence electrons. The second-order valence-electron chi connectivity index (χ2n) is 5.32. The van der Waals surface area contributed by atoms with Gasteiger partial charge in [0.15, 0.2) is 6.29 Å². The van der Waals surface area contributed by atoms with Crippen LogP contribution in [-0.2, 0) is 14.2 Å². The highest BCUT2D eigenvalue weighted by Crippen LogP contribution is 2.27. The van der Waals surface area contributed by atoms with Crippen LogP contribution in [0.5, 0.6) is 0 Å². The first-order chi connectivity index (χ1) is 10.2. The van der Waals surface area contributed by atoms with Crippen molar-refractivity contribution < 1.29 is 24.4 Å². The molecule has 0 aliphatic carbocycles. The zero-order chi connectivity index (χ0) is 15.2. The predicted octanol–water partition coefficient (Wildman–Crippen LogP) is -0.0798. The average Bonchev–Trinajstić information content (AvgIpc) is 2.54. The molecule has 0 spiro atoms. The number of nitroso groups, excluding NO2 is 2. The summed E-state index contributed by atoms with van der Waals surface area (Å²) in [5, 5.41) is 24.1. The molecule has 0 bridgehead atoms. The highest BCUT2D eigenvalue weighted by molar-refractivity contribution is 4.85. The van der Waals surface area contributed by atoms with Gasteiger partial charge in [-0.05, 0) is 0 Å². The Morgan fingerprint density at radius 2 is 1.90 bits per heavy atom. The molecule has 0 aromatic heterocycles. The Balaban J connectivity index is 1.88. The SMILES string of the molecule is O=N[C@@H]1C[C@H](CO)O[C@H](O[C@H]2CO[C@H](CO)[C@@H](N=O)C2)C1. The Kier molecular flexibility index (Phi) is 6.12. The summed E-state index contributed by atoms with van der Waals surface area (Å²) in [5.74, 6) is 0. The number of aliphatic hydroxyl groups excluding tert-OH is 2. The van der Waals surface area contributed by atoms with Gasteiger partial charge in [0.25, 0.3) is 0 Å². The lowest BCUT2D eigenvalue weighted by atomic mass is 10.0. The van der Waals surface area contributed by atoms with Gasteiger partial charge in [0, 0.05) is 19.3 Å². The fourth-order valence-electron chi connectivity index (χ4n) is 2.66. The summed E-state index contributed by atoms with van der Waals surface area (Å²) >= 11 is 0. The average molecular weight is 304 g/mol. The van der Waals surface area contributed by atoms with E-state index in [9.17, 15) is 9.81 Å². The number of hydrogen-bond acceptors (Lipinski definition) is 9. The van der Waals surface area contributed by atoms with Gasteiger partial charge in [-0.15, -0.1) is 0 Å². The topological polar surface area (TPSA) is 127 Å². The van der Waals surface area contributed by atoms with Crippen LogP contribution in [0.3, 0.4) is 0 Å². The smallest absolute Gasteiger partial charge is 0.160 e. The molecule has 0 aromatic rings. The van der Waals surface area contributed by atoms with Gasteiger partial charge >= 0.3 is 0 Å². The van der Waals surface area contributed by atoms with Gasteiger partial charge in [0.05, 0.1) is 38.1 Å². The molecule has 2 rings (SSSR count). The molecule has 2 aliphatic rings. The molecule has 9 heteroatoms. The monoisotopic (exact) mass is 304 g/mol. The zero-order valence-electron chi connectivity index (χ0n) is 11.5. The van der Waals surface area contributed by atoms with Crippen molar-refractivity contribution in [1.82, 2.24) is 0 Å². The standard InChI is InChI=1S/C12H20N2O7/c15-4-8-1-7(13-17)2-12(20-8)21-9-3-10(14-18)11(5-16)19-6-9/h7-12,15-16H,1-6H2/t7-,8-,9-,10+,11-,12-/m1/s1. The summed E-state index contributed by atoms with van der Waals surface area (Å²) in [5.41, 5.74) is 0. The quantitative estimate of drug-likeness (QED) is 0.657. The van der Waals surface area contributed by atoms with Crippen molar-refractivity contribution in [3.05, 3.63) is 9.81 Å². The van der Waals surface area contributed by atoms with Crippen molar-refractivity contribution in [3.63, 3.8) is 0 Å². The Hall–Kier alpha value is -1.00. The van der Waals surface area contributed by atoms with Crippen molar-refractivity contribution in [2.45, 2.75) is 55.9 Å². The Bertz CT molecular complexity index is 356. The molecule has 9 nitrogen and oxygen atoms in total. The molecule has 2 fully saturated rings. The molecule has 0 aromatic carbocycles. The van der Waals surface area contributed by atoms with Crippen molar-refractivity contribution in [3.8, 4) is 0 Å². The van der Waals surface area contributed by atoms with Crippen molar-refractivity contribution in [1.29, 1.82) is 0 Å². The van der Waals surface area contributed by atoms with E-state index in [1.165, 1.54) is 0 Å². The molecule has 6 atom stereocenters. The van der Waals surface area contributed by atoms with Crippen molar-refractivity contribution in [2.75, 3.05) is 19.8 Å². The first-order valence-corrected chi connectivity index (χ1v) is 6.99. The maximum Gasteiger partial charge on any atom is 0.160 e. The minimum Gasteiger partial charge on any atom is -0.394 e. The largest absolute Gasteiger partial charge is 0.394 e. The van der Waals surface area contributed by atoms with Gasteiger partial charge in [-0.25, -0.2) is 0 Å². The summed E-state index contributed by atoms with van der Waals surface area (Å²) in [7, 11) is 0. The summed E-state index contributed by atoms with van der Waals surface area (Å²) in [4.78, 5) is 21.4. The first kappa shape index (κ1) is 16.4. The normalized spacial score (nSPS) is 40.7. The van der Waals surface area contributed by atoms with Crippen LogP contribution in [0.2, 0.25) is 0 Å². The van der Waals surface area contributed by atoms with Gasteiger partial charge < -0.3 is 24.4 Å². The summed E-state index contributed by atoms with van der Waals surface area (Å²) in [6.07, 6.45) is -1.19. The molecule has 2 N–H and O–H groups in total. The maximum atomic E-state index is 10.7. The number of ether oxygens (including phenoxy) is 3. The molecule has 0 radical (unpaired) electrons. The molecular formula is C12H20N2O7. The molecule has 2 aliphatic heterocycles. The lowest BCUT2D eigenvalue weighted by Gasteiger charge is -2.37. The molecule has 2 saturated heterocycles. The Morgan fingerprint density at radius 3 is 2.52 bits per heavy atom. The third-order valence-corrected chi connectivity index (χ3v) is 3.79. The van der Waals surface area contributed by atoms with Gasteiger partial charge in [-0.2, -0.15) is 9.81 Å². The first-order valence-electron chi connectivity index (χ1n) is 6.99. The van der Waals surface area contributed by atoms with E-state index in [2.05, 4.69) is 10.4 Å². The molecule has 0 saturated carbocycles. The summed E-state index contributed by atoms with van der Waals surface area (Å²) in [6.45, 7) is -0.273. The van der Waals surface area contributed by atoms with Crippen LogP contribution >= 0.6 is 0 Å². The van der Waals surface area contributed by atoms with Gasteiger partial charge in [0.2, 0.25) is 0 Å². The van der Waals surface area contributed by atoms with E-state index in [1.54, 1.807) is 0 Å². The molecule has 0 amide bonds. The summed E-state index contributed by atoms with van der Waals surface area (Å²) in [6, 6.07) is -1.14. The second kappa shape index (κ2) is 7.85. The third kappa shape index (κ3) is 4.24. The molecule has 2 heterocycles. The van der Waals surface area contributed by atoms with Gasteiger partial charge in [-0.3, -0.25) is 0 Å². The van der Waals surface area contributed by atoms with E-state index in [0.717, 1.165) is 0 Å². The van der Waals surface area contributed by atoms with Crippen molar-refractivity contribution >= 4 is 0 Å². The molecular weight excluding hydrogens is 284 g/mol. The number of rotatable bonds is 6. The molecule has 0 unspecified atom stereocenters. The highest BCUT2D eigenvalue weighted by atomic mass is 16.7. The minimum absolute atomic E-state index is 0.208. The van der Waals surface area contributed by atoms with Crippen LogP contribution in [0.4, 0.5) is 0 Å². The van der Waals surface area contributed by atoms with E-state index >= 15 is 0 Å². The summed E-state index contributed by atoms with van der Waals surface area (Å²) < 4.78 is 16.5. The van der Waals surface area contributed by atoms with E-state index in [0.29, 0.717) is 19.3 Å². The number of aliphatic hydroxyl groups is 2. The fraction of sp³-hybridized carbons (Fsp3) is 1.00. The van der Waals surface area contributed by atoms with Gasteiger partial charge in [-0.1, -0.05) is 10.4 Å². The van der Waals surface area contributed by atoms with Crippen LogP contribution in [0.25, 0.3) is 0 Å². The van der Waals surface area contributed by atoms with Crippen LogP contribution in [-0.4, -0.2) is 66.7 Å². The lowest BCUT2D eigenvalue weighted by Crippen LogP contribution is -2.46. The Morgan fingerprint density at radius 1 is 1.10 bits per heavy atom. The second-order valence-corrected chi connectivity index (χ2v) is 5.32. The van der Waals surface area contributed by atoms with E-state index in [1.807, 2.05) is 0 Å². The zero-order valence-corrected chi connectivity index (χ0v) is 11.5. The van der Waals surface area contributed by atoms with E-state index in [4.69, 9.17) is 24.4 Å². The van der Waals surface area contributed by atoms with Crippen molar-refractivity contribution in [2.24, 2.45) is 10.4 Å². The minimum atomic E-state index is -0.676. The highest BCUT2D eigenvalue weighted by Gasteiger charge is 2.37. The van der Waals surface area contributed by atoms with Crippen LogP contribution in [0.1, 0.15) is 19.3 Å². The predicted molar refractivity (Wildman–Crippen MR) is 70.5 cm³/mol. The lowest BCUT2D eigenvalue weighted by molar-refractivity contribution is -0.242. The Labute approximate surface area is 121 Å². The van der Waals surface area contributed by atoms with E-state index in [-0.39, 0.29) is 19.8 Å². The van der Waals surface area contributed by atoms with Crippen LogP contribution in [0, 0.1) is 9.81 Å². The third-order valence-electron chi connectivity index (χ3n) is 3.79. The molecule has 21 heavy (non-hydrogen) atoms. The van der Waals surface area contributed by atoms with Crippen LogP contribution in [0.15, 0.2) is 10.4 Å². The van der Waals surface area contributed by atoms with Crippen LogP contribution < -0.4 is 0 Å². The maximum absolute atomic E-state index is 10.7. The number of hydrogen-bond donors (Lipinski definition) is 2. The van der Waals surface area contributed by atoms with E-state index < -0.39 is 36.7 Å².